The zero-order valence-corrected chi connectivity index (χ0v) is 17.3. The van der Waals surface area contributed by atoms with Crippen LogP contribution in [0.4, 0.5) is 13.2 Å². The highest BCUT2D eigenvalue weighted by atomic mass is 35.5. The van der Waals surface area contributed by atoms with Crippen LogP contribution in [0.15, 0.2) is 23.6 Å². The predicted molar refractivity (Wildman–Crippen MR) is 103 cm³/mol. The number of alkyl halides is 3. The number of aliphatic hydroxyl groups is 1. The number of ether oxygens (including phenoxy) is 1. The van der Waals surface area contributed by atoms with E-state index >= 15 is 0 Å². The molecule has 1 aromatic heterocycles. The first-order chi connectivity index (χ1) is 13.4. The van der Waals surface area contributed by atoms with E-state index in [1.807, 2.05) is 0 Å². The SMILES string of the molecule is Cc1csc(C(C)(O)CC(=O)NC2(c3cc(Cl)cc(OCC(F)(F)F)c3)CC2)n1. The molecular weight excluding hydrogens is 429 g/mol. The number of amides is 1. The number of thiazole rings is 1. The second-order valence-corrected chi connectivity index (χ2v) is 8.75. The lowest BCUT2D eigenvalue weighted by Gasteiger charge is -2.24. The van der Waals surface area contributed by atoms with E-state index in [0.717, 1.165) is 5.69 Å². The predicted octanol–water partition coefficient (Wildman–Crippen LogP) is 4.45. The van der Waals surface area contributed by atoms with Crippen LogP contribution in [0.5, 0.6) is 5.75 Å². The molecule has 1 aromatic carbocycles. The van der Waals surface area contributed by atoms with E-state index in [1.165, 1.54) is 30.4 Å². The number of nitrogens with zero attached hydrogens (tertiary/aromatic N) is 1. The minimum atomic E-state index is -4.46. The average molecular weight is 449 g/mol. The van der Waals surface area contributed by atoms with Gasteiger partial charge in [-0.05, 0) is 50.5 Å². The van der Waals surface area contributed by atoms with Gasteiger partial charge in [-0.1, -0.05) is 11.6 Å². The van der Waals surface area contributed by atoms with Gasteiger partial charge in [0.15, 0.2) is 6.61 Å². The van der Waals surface area contributed by atoms with Crippen molar-refractivity contribution in [3.63, 3.8) is 0 Å². The summed E-state index contributed by atoms with van der Waals surface area (Å²) in [6, 6.07) is 4.34. The summed E-state index contributed by atoms with van der Waals surface area (Å²) < 4.78 is 42.0. The van der Waals surface area contributed by atoms with Gasteiger partial charge in [-0.2, -0.15) is 13.2 Å². The molecule has 0 aliphatic heterocycles. The number of carbonyl (C=O) groups excluding carboxylic acids is 1. The van der Waals surface area contributed by atoms with Gasteiger partial charge in [0.05, 0.1) is 12.0 Å². The highest BCUT2D eigenvalue weighted by Gasteiger charge is 2.47. The maximum absolute atomic E-state index is 12.6. The third-order valence-electron chi connectivity index (χ3n) is 4.54. The summed E-state index contributed by atoms with van der Waals surface area (Å²) in [7, 11) is 0. The van der Waals surface area contributed by atoms with Gasteiger partial charge in [-0.3, -0.25) is 4.79 Å². The number of benzene rings is 1. The van der Waals surface area contributed by atoms with Gasteiger partial charge in [0, 0.05) is 16.1 Å². The lowest BCUT2D eigenvalue weighted by molar-refractivity contribution is -0.153. The first kappa shape index (κ1) is 21.9. The Bertz CT molecular complexity index is 910. The third-order valence-corrected chi connectivity index (χ3v) is 5.97. The summed E-state index contributed by atoms with van der Waals surface area (Å²) >= 11 is 7.31. The van der Waals surface area contributed by atoms with Crippen molar-refractivity contribution in [3.8, 4) is 5.75 Å². The lowest BCUT2D eigenvalue weighted by atomic mass is 10.0. The van der Waals surface area contributed by atoms with E-state index in [2.05, 4.69) is 10.3 Å². The van der Waals surface area contributed by atoms with Crippen molar-refractivity contribution in [1.82, 2.24) is 10.3 Å². The Labute approximate surface area is 174 Å². The van der Waals surface area contributed by atoms with E-state index in [0.29, 0.717) is 23.4 Å². The molecule has 29 heavy (non-hydrogen) atoms. The Morgan fingerprint density at radius 1 is 1.38 bits per heavy atom. The van der Waals surface area contributed by atoms with Crippen LogP contribution in [0, 0.1) is 6.92 Å². The fourth-order valence-corrected chi connectivity index (χ4v) is 4.08. The summed E-state index contributed by atoms with van der Waals surface area (Å²) in [5.41, 5.74) is -0.823. The molecule has 0 radical (unpaired) electrons. The largest absolute Gasteiger partial charge is 0.484 e. The Hall–Kier alpha value is -1.84. The number of rotatable bonds is 7. The van der Waals surface area contributed by atoms with Crippen LogP contribution >= 0.6 is 22.9 Å². The Kier molecular flexibility index (Phi) is 5.86. The third kappa shape index (κ3) is 5.61. The van der Waals surface area contributed by atoms with Crippen LogP contribution < -0.4 is 10.1 Å². The molecule has 5 nitrogen and oxygen atoms in total. The first-order valence-corrected chi connectivity index (χ1v) is 10.1. The van der Waals surface area contributed by atoms with Crippen molar-refractivity contribution >= 4 is 28.8 Å². The van der Waals surface area contributed by atoms with Crippen molar-refractivity contribution in [2.75, 3.05) is 6.61 Å². The zero-order valence-electron chi connectivity index (χ0n) is 15.8. The quantitative estimate of drug-likeness (QED) is 0.656. The molecule has 0 saturated heterocycles. The Balaban J connectivity index is 1.71. The minimum absolute atomic E-state index is 0.0180. The molecule has 158 valence electrons. The summed E-state index contributed by atoms with van der Waals surface area (Å²) in [4.78, 5) is 16.8. The van der Waals surface area contributed by atoms with E-state index in [9.17, 15) is 23.1 Å². The molecule has 1 fully saturated rings. The zero-order chi connectivity index (χ0) is 21.4. The number of hydrogen-bond donors (Lipinski definition) is 2. The second kappa shape index (κ2) is 7.77. The highest BCUT2D eigenvalue weighted by molar-refractivity contribution is 7.09. The van der Waals surface area contributed by atoms with E-state index in [-0.39, 0.29) is 17.2 Å². The van der Waals surface area contributed by atoms with Crippen molar-refractivity contribution < 1.29 is 27.8 Å². The number of nitrogens with one attached hydrogen (secondary N) is 1. The molecule has 1 amide bonds. The summed E-state index contributed by atoms with van der Waals surface area (Å²) in [5, 5.41) is 16.0. The van der Waals surface area contributed by atoms with Gasteiger partial charge in [0.25, 0.3) is 0 Å². The van der Waals surface area contributed by atoms with Crippen LogP contribution in [0.2, 0.25) is 5.02 Å². The lowest BCUT2D eigenvalue weighted by Crippen LogP contribution is -2.39. The van der Waals surface area contributed by atoms with Gasteiger partial charge >= 0.3 is 6.18 Å². The van der Waals surface area contributed by atoms with Gasteiger partial charge in [-0.25, -0.2) is 4.98 Å². The molecule has 2 N–H and O–H groups in total. The van der Waals surface area contributed by atoms with E-state index in [1.54, 1.807) is 18.4 Å². The highest BCUT2D eigenvalue weighted by Crippen LogP contribution is 2.47. The van der Waals surface area contributed by atoms with Crippen LogP contribution in [-0.4, -0.2) is 28.8 Å². The van der Waals surface area contributed by atoms with Crippen LogP contribution in [0.1, 0.15) is 42.5 Å². The topological polar surface area (TPSA) is 71.5 Å². The van der Waals surface area contributed by atoms with Gasteiger partial charge in [0.2, 0.25) is 5.91 Å². The van der Waals surface area contributed by atoms with Gasteiger partial charge < -0.3 is 15.2 Å². The van der Waals surface area contributed by atoms with Crippen LogP contribution in [-0.2, 0) is 15.9 Å². The number of hydrogen-bond acceptors (Lipinski definition) is 5. The average Bonchev–Trinajstić information content (AvgIpc) is 3.22. The van der Waals surface area contributed by atoms with Gasteiger partial charge in [-0.15, -0.1) is 11.3 Å². The number of carbonyl (C=O) groups is 1. The second-order valence-electron chi connectivity index (χ2n) is 7.45. The molecule has 3 rings (SSSR count). The van der Waals surface area contributed by atoms with Crippen molar-refractivity contribution in [3.05, 3.63) is 44.9 Å². The number of aromatic nitrogens is 1. The van der Waals surface area contributed by atoms with Crippen LogP contribution in [0.25, 0.3) is 0 Å². The standard InChI is InChI=1S/C19H20ClF3N2O3S/c1-11-9-29-16(24-11)17(2,27)8-15(26)25-18(3-4-18)12-5-13(20)7-14(6-12)28-10-19(21,22)23/h5-7,9,27H,3-4,8,10H2,1-2H3,(H,25,26). The minimum Gasteiger partial charge on any atom is -0.484 e. The van der Waals surface area contributed by atoms with Crippen LogP contribution in [0.3, 0.4) is 0 Å². The molecule has 1 atom stereocenters. The van der Waals surface area contributed by atoms with E-state index < -0.39 is 29.8 Å². The maximum atomic E-state index is 12.6. The number of halogens is 4. The molecule has 10 heteroatoms. The van der Waals surface area contributed by atoms with E-state index in [4.69, 9.17) is 16.3 Å². The molecule has 0 bridgehead atoms. The molecule has 1 aliphatic carbocycles. The smallest absolute Gasteiger partial charge is 0.422 e. The molecule has 2 aromatic rings. The van der Waals surface area contributed by atoms with Crippen molar-refractivity contribution in [2.45, 2.75) is 50.4 Å². The molecule has 1 heterocycles. The first-order valence-electron chi connectivity index (χ1n) is 8.85. The Morgan fingerprint density at radius 3 is 2.62 bits per heavy atom. The molecule has 1 saturated carbocycles. The molecular formula is C19H20ClF3N2O3S. The summed E-state index contributed by atoms with van der Waals surface area (Å²) in [6.07, 6.45) is -3.44. The van der Waals surface area contributed by atoms with Gasteiger partial charge in [0.1, 0.15) is 16.4 Å². The normalized spacial score (nSPS) is 17.5. The van der Waals surface area contributed by atoms with Crippen molar-refractivity contribution in [2.24, 2.45) is 0 Å². The summed E-state index contributed by atoms with van der Waals surface area (Å²) in [6.45, 7) is 1.89. The monoisotopic (exact) mass is 448 g/mol. The summed E-state index contributed by atoms with van der Waals surface area (Å²) in [5.74, 6) is -0.409. The fourth-order valence-electron chi connectivity index (χ4n) is 3.00. The number of aryl methyl sites for hydroxylation is 1. The fraction of sp³-hybridized carbons (Fsp3) is 0.474. The van der Waals surface area contributed by atoms with Crippen molar-refractivity contribution in [1.29, 1.82) is 0 Å². The molecule has 1 aliphatic rings. The molecule has 0 spiro atoms. The Morgan fingerprint density at radius 2 is 2.07 bits per heavy atom. The molecule has 1 unspecified atom stereocenters. The maximum Gasteiger partial charge on any atom is 0.422 e.